The third kappa shape index (κ3) is 4.42. The fourth-order valence-corrected chi connectivity index (χ4v) is 3.51. The van der Waals surface area contributed by atoms with Crippen LogP contribution in [0, 0.1) is 6.92 Å². The van der Waals surface area contributed by atoms with Crippen LogP contribution in [0.1, 0.15) is 37.4 Å². The molecule has 0 unspecified atom stereocenters. The maximum absolute atomic E-state index is 12.7. The van der Waals surface area contributed by atoms with Gasteiger partial charge in [-0.15, -0.1) is 0 Å². The fourth-order valence-electron chi connectivity index (χ4n) is 2.83. The molecule has 3 aromatic rings. The van der Waals surface area contributed by atoms with Crippen LogP contribution in [-0.4, -0.2) is 31.6 Å². The van der Waals surface area contributed by atoms with Crippen molar-refractivity contribution in [1.82, 2.24) is 0 Å². The van der Waals surface area contributed by atoms with E-state index in [1.807, 2.05) is 19.1 Å². The van der Waals surface area contributed by atoms with Crippen LogP contribution in [0.4, 0.5) is 0 Å². The van der Waals surface area contributed by atoms with Gasteiger partial charge in [0.25, 0.3) is 10.1 Å². The highest BCUT2D eigenvalue weighted by molar-refractivity contribution is 7.86. The third-order valence-electron chi connectivity index (χ3n) is 4.43. The van der Waals surface area contributed by atoms with Gasteiger partial charge in [-0.1, -0.05) is 54.1 Å². The molecule has 148 valence electrons. The first-order valence-electron chi connectivity index (χ1n) is 8.62. The number of carbonyl (C=O) groups excluding carboxylic acids is 2. The summed E-state index contributed by atoms with van der Waals surface area (Å²) < 4.78 is 37.3. The molecule has 0 spiro atoms. The van der Waals surface area contributed by atoms with Gasteiger partial charge in [-0.25, -0.2) is 0 Å². The van der Waals surface area contributed by atoms with Crippen molar-refractivity contribution in [3.05, 3.63) is 94.5 Å². The maximum Gasteiger partial charge on any atom is 0.298 e. The number of hydrogen-bond donors (Lipinski definition) is 1. The summed E-state index contributed by atoms with van der Waals surface area (Å²) in [6.45, 7) is 1.93. The second-order valence-electron chi connectivity index (χ2n) is 6.44. The Labute approximate surface area is 168 Å². The summed E-state index contributed by atoms with van der Waals surface area (Å²) in [7, 11) is -3.30. The molecule has 7 heteroatoms. The molecule has 0 saturated heterocycles. The van der Waals surface area contributed by atoms with Crippen LogP contribution in [0.5, 0.6) is 5.75 Å². The molecule has 0 aromatic heterocycles. The lowest BCUT2D eigenvalue weighted by atomic mass is 9.98. The number of ketones is 2. The highest BCUT2D eigenvalue weighted by Gasteiger charge is 2.20. The van der Waals surface area contributed by atoms with Gasteiger partial charge in [0.2, 0.25) is 0 Å². The minimum atomic E-state index is -4.56. The topological polar surface area (TPSA) is 97.7 Å². The number of hydrogen-bond acceptors (Lipinski definition) is 5. The predicted octanol–water partition coefficient (Wildman–Crippen LogP) is 3.71. The summed E-state index contributed by atoms with van der Waals surface area (Å²) in [5.41, 5.74) is 2.36. The molecule has 0 atom stereocenters. The van der Waals surface area contributed by atoms with E-state index in [9.17, 15) is 22.6 Å². The molecule has 0 saturated carbocycles. The number of carbonyl (C=O) groups is 2. The van der Waals surface area contributed by atoms with Crippen molar-refractivity contribution in [3.63, 3.8) is 0 Å². The first-order valence-corrected chi connectivity index (χ1v) is 10.1. The van der Waals surface area contributed by atoms with Gasteiger partial charge in [-0.3, -0.25) is 14.1 Å². The molecule has 6 nitrogen and oxygen atoms in total. The Morgan fingerprint density at radius 1 is 0.759 bits per heavy atom. The lowest BCUT2D eigenvalue weighted by Crippen LogP contribution is -2.07. The van der Waals surface area contributed by atoms with E-state index >= 15 is 0 Å². The highest BCUT2D eigenvalue weighted by Crippen LogP contribution is 2.26. The van der Waals surface area contributed by atoms with Crippen LogP contribution < -0.4 is 4.74 Å². The van der Waals surface area contributed by atoms with Gasteiger partial charge >= 0.3 is 0 Å². The van der Waals surface area contributed by atoms with E-state index in [0.717, 1.165) is 11.6 Å². The van der Waals surface area contributed by atoms with Gasteiger partial charge in [0.05, 0.1) is 7.11 Å². The second kappa shape index (κ2) is 7.98. The largest absolute Gasteiger partial charge is 0.495 e. The number of aryl methyl sites for hydroxylation is 1. The van der Waals surface area contributed by atoms with Crippen LogP contribution in [0.3, 0.4) is 0 Å². The lowest BCUT2D eigenvalue weighted by molar-refractivity contribution is 0.102. The molecule has 0 bridgehead atoms. The van der Waals surface area contributed by atoms with Crippen molar-refractivity contribution in [2.75, 3.05) is 7.11 Å². The Kier molecular flexibility index (Phi) is 5.63. The monoisotopic (exact) mass is 410 g/mol. The zero-order valence-corrected chi connectivity index (χ0v) is 16.6. The molecular formula is C22H18O6S. The SMILES string of the molecule is COc1ccc(C(=O)c2ccc(C(=O)c3ccc(C)cc3)cc2)cc1S(=O)(=O)O. The van der Waals surface area contributed by atoms with Gasteiger partial charge in [0.15, 0.2) is 11.6 Å². The van der Waals surface area contributed by atoms with Crippen LogP contribution >= 0.6 is 0 Å². The van der Waals surface area contributed by atoms with Crippen molar-refractivity contribution >= 4 is 21.7 Å². The molecular weight excluding hydrogens is 392 g/mol. The Hall–Kier alpha value is -3.29. The Morgan fingerprint density at radius 2 is 1.17 bits per heavy atom. The summed E-state index contributed by atoms with van der Waals surface area (Å²) in [6, 6.07) is 17.0. The quantitative estimate of drug-likeness (QED) is 0.491. The molecule has 0 aliphatic carbocycles. The zero-order valence-electron chi connectivity index (χ0n) is 15.7. The van der Waals surface area contributed by atoms with Gasteiger partial charge in [0, 0.05) is 22.3 Å². The maximum atomic E-state index is 12.7. The molecule has 0 amide bonds. The van der Waals surface area contributed by atoms with Crippen molar-refractivity contribution in [1.29, 1.82) is 0 Å². The highest BCUT2D eigenvalue weighted by atomic mass is 32.2. The molecule has 0 aliphatic heterocycles. The number of methoxy groups -OCH3 is 1. The summed E-state index contributed by atoms with van der Waals surface area (Å²) in [6.07, 6.45) is 0. The van der Waals surface area contributed by atoms with Crippen molar-refractivity contribution < 1.29 is 27.3 Å². The van der Waals surface area contributed by atoms with Gasteiger partial charge < -0.3 is 4.74 Å². The Balaban J connectivity index is 1.89. The minimum Gasteiger partial charge on any atom is -0.495 e. The second-order valence-corrected chi connectivity index (χ2v) is 7.83. The number of benzene rings is 3. The van der Waals surface area contributed by atoms with Gasteiger partial charge in [-0.2, -0.15) is 8.42 Å². The van der Waals surface area contributed by atoms with E-state index in [0.29, 0.717) is 11.1 Å². The fraction of sp³-hybridized carbons (Fsp3) is 0.0909. The molecule has 3 aromatic carbocycles. The Bertz CT molecular complexity index is 1180. The molecule has 1 N–H and O–H groups in total. The molecule has 0 fully saturated rings. The Morgan fingerprint density at radius 3 is 1.62 bits per heavy atom. The number of rotatable bonds is 6. The summed E-state index contributed by atoms with van der Waals surface area (Å²) in [4.78, 5) is 24.8. The van der Waals surface area contributed by atoms with Crippen LogP contribution in [0.25, 0.3) is 0 Å². The van der Waals surface area contributed by atoms with E-state index < -0.39 is 20.8 Å². The first-order chi connectivity index (χ1) is 13.7. The van der Waals surface area contributed by atoms with Crippen molar-refractivity contribution in [2.45, 2.75) is 11.8 Å². The predicted molar refractivity (Wildman–Crippen MR) is 107 cm³/mol. The summed E-state index contributed by atoms with van der Waals surface area (Å²) in [5.74, 6) is -0.683. The van der Waals surface area contributed by atoms with E-state index in [-0.39, 0.29) is 22.7 Å². The van der Waals surface area contributed by atoms with Crippen molar-refractivity contribution in [2.24, 2.45) is 0 Å². The number of ether oxygens (including phenoxy) is 1. The summed E-state index contributed by atoms with van der Waals surface area (Å²) in [5, 5.41) is 0. The van der Waals surface area contributed by atoms with Crippen LogP contribution in [0.2, 0.25) is 0 Å². The molecule has 0 aliphatic rings. The standard InChI is InChI=1S/C22H18O6S/c1-14-3-5-15(6-4-14)21(23)16-7-9-17(10-8-16)22(24)18-11-12-19(28-2)20(13-18)29(25,26)27/h3-13H,1-2H3,(H,25,26,27). The first kappa shape index (κ1) is 20.4. The molecule has 29 heavy (non-hydrogen) atoms. The lowest BCUT2D eigenvalue weighted by Gasteiger charge is -2.09. The molecule has 0 heterocycles. The van der Waals surface area contributed by atoms with E-state index in [4.69, 9.17) is 4.74 Å². The zero-order chi connectivity index (χ0) is 21.2. The normalized spacial score (nSPS) is 11.1. The van der Waals surface area contributed by atoms with Crippen LogP contribution in [-0.2, 0) is 10.1 Å². The molecule has 3 rings (SSSR count). The average molecular weight is 410 g/mol. The van der Waals surface area contributed by atoms with E-state index in [2.05, 4.69) is 0 Å². The van der Waals surface area contributed by atoms with Crippen LogP contribution in [0.15, 0.2) is 71.6 Å². The van der Waals surface area contributed by atoms with Gasteiger partial charge in [-0.05, 0) is 25.1 Å². The summed E-state index contributed by atoms with van der Waals surface area (Å²) >= 11 is 0. The smallest absolute Gasteiger partial charge is 0.298 e. The third-order valence-corrected chi connectivity index (χ3v) is 5.30. The van der Waals surface area contributed by atoms with E-state index in [1.165, 1.54) is 31.4 Å². The minimum absolute atomic E-state index is 0.0658. The van der Waals surface area contributed by atoms with Crippen molar-refractivity contribution in [3.8, 4) is 5.75 Å². The van der Waals surface area contributed by atoms with E-state index in [1.54, 1.807) is 24.3 Å². The average Bonchev–Trinajstić information content (AvgIpc) is 2.72. The van der Waals surface area contributed by atoms with Gasteiger partial charge in [0.1, 0.15) is 10.6 Å². The molecule has 0 radical (unpaired) electrons.